The summed E-state index contributed by atoms with van der Waals surface area (Å²) < 4.78 is 28.1. The first-order chi connectivity index (χ1) is 15.9. The summed E-state index contributed by atoms with van der Waals surface area (Å²) in [5.41, 5.74) is 4.85. The fraction of sp³-hybridized carbons (Fsp3) is 0.0435. The number of carbonyl (C=O) groups excluding carboxylic acids is 2. The minimum atomic E-state index is -4.04. The molecule has 0 saturated heterocycles. The number of aliphatic imine (C=N–C) groups is 1. The van der Waals surface area contributed by atoms with E-state index in [1.54, 1.807) is 29.9 Å². The number of amides is 2. The molecule has 0 radical (unpaired) electrons. The van der Waals surface area contributed by atoms with Gasteiger partial charge in [-0.05, 0) is 48.5 Å². The Labute approximate surface area is 193 Å². The van der Waals surface area contributed by atoms with Crippen molar-refractivity contribution in [2.45, 2.75) is 10.8 Å². The zero-order valence-electron chi connectivity index (χ0n) is 16.9. The molecule has 0 fully saturated rings. The van der Waals surface area contributed by atoms with Crippen molar-refractivity contribution in [1.29, 1.82) is 0 Å². The predicted octanol–water partition coefficient (Wildman–Crippen LogP) is 3.85. The van der Waals surface area contributed by atoms with Crippen LogP contribution in [0.15, 0.2) is 82.1 Å². The molecule has 10 heteroatoms. The molecular formula is C23H16N4O4S2. The molecule has 1 unspecified atom stereocenters. The highest BCUT2D eigenvalue weighted by atomic mass is 32.2. The van der Waals surface area contributed by atoms with E-state index in [0.717, 1.165) is 21.5 Å². The van der Waals surface area contributed by atoms with Crippen LogP contribution in [0.25, 0.3) is 10.2 Å². The lowest BCUT2D eigenvalue weighted by Gasteiger charge is -2.07. The smallest absolute Gasteiger partial charge is 0.264 e. The van der Waals surface area contributed by atoms with Gasteiger partial charge >= 0.3 is 0 Å². The van der Waals surface area contributed by atoms with E-state index in [-0.39, 0.29) is 16.4 Å². The summed E-state index contributed by atoms with van der Waals surface area (Å²) in [4.78, 5) is 33.3. The monoisotopic (exact) mass is 476 g/mol. The van der Waals surface area contributed by atoms with E-state index in [2.05, 4.69) is 20.0 Å². The first-order valence-electron chi connectivity index (χ1n) is 9.86. The van der Waals surface area contributed by atoms with Gasteiger partial charge < -0.3 is 5.32 Å². The standard InChI is InChI=1S/C23H16N4O4S2/c28-22(14-4-2-1-3-5-14)27-33(30,31)16-8-6-15(7-9-16)24-12-17-20-18(26-23(17)29)10-11-19-21(20)32-13-25-19/h1-13,17H,(H,26,29)(H,27,28). The average Bonchev–Trinajstić information content (AvgIpc) is 3.41. The Kier molecular flexibility index (Phi) is 5.23. The summed E-state index contributed by atoms with van der Waals surface area (Å²) in [5.74, 6) is -1.46. The lowest BCUT2D eigenvalue weighted by Crippen LogP contribution is -2.30. The number of hydrogen-bond acceptors (Lipinski definition) is 7. The first kappa shape index (κ1) is 21.0. The Morgan fingerprint density at radius 1 is 1.06 bits per heavy atom. The van der Waals surface area contributed by atoms with Gasteiger partial charge in [0.15, 0.2) is 0 Å². The number of nitrogens with one attached hydrogen (secondary N) is 2. The number of rotatable bonds is 5. The molecule has 0 aliphatic carbocycles. The number of nitrogens with zero attached hydrogens (tertiary/aromatic N) is 2. The number of thiazole rings is 1. The van der Waals surface area contributed by atoms with Crippen LogP contribution in [0.5, 0.6) is 0 Å². The maximum absolute atomic E-state index is 12.5. The van der Waals surface area contributed by atoms with Gasteiger partial charge in [0.25, 0.3) is 15.9 Å². The number of aromatic nitrogens is 1. The molecule has 164 valence electrons. The average molecular weight is 477 g/mol. The van der Waals surface area contributed by atoms with Crippen molar-refractivity contribution >= 4 is 61.0 Å². The molecule has 1 aliphatic heterocycles. The maximum Gasteiger partial charge on any atom is 0.264 e. The van der Waals surface area contributed by atoms with Crippen LogP contribution in [0.3, 0.4) is 0 Å². The van der Waals surface area contributed by atoms with Crippen molar-refractivity contribution in [1.82, 2.24) is 9.71 Å². The Morgan fingerprint density at radius 2 is 1.82 bits per heavy atom. The number of fused-ring (bicyclic) bond motifs is 3. The van der Waals surface area contributed by atoms with Gasteiger partial charge in [-0.3, -0.25) is 14.6 Å². The van der Waals surface area contributed by atoms with Crippen LogP contribution in [-0.4, -0.2) is 31.4 Å². The molecule has 8 nitrogen and oxygen atoms in total. The van der Waals surface area contributed by atoms with Crippen molar-refractivity contribution in [3.8, 4) is 0 Å². The SMILES string of the molecule is O=C(NS(=O)(=O)c1ccc(N=CC2C(=O)Nc3ccc4ncsc4c32)cc1)c1ccccc1. The number of carbonyl (C=O) groups is 2. The zero-order chi connectivity index (χ0) is 23.0. The highest BCUT2D eigenvalue weighted by molar-refractivity contribution is 7.90. The summed E-state index contributed by atoms with van der Waals surface area (Å²) >= 11 is 1.46. The summed E-state index contributed by atoms with van der Waals surface area (Å²) in [6.45, 7) is 0. The largest absolute Gasteiger partial charge is 0.325 e. The Balaban J connectivity index is 1.35. The second-order valence-corrected chi connectivity index (χ2v) is 9.80. The van der Waals surface area contributed by atoms with Gasteiger partial charge in [-0.15, -0.1) is 11.3 Å². The third-order valence-corrected chi connectivity index (χ3v) is 7.39. The molecule has 1 aromatic heterocycles. The molecule has 2 heterocycles. The van der Waals surface area contributed by atoms with Gasteiger partial charge in [0.05, 0.1) is 26.3 Å². The molecular weight excluding hydrogens is 460 g/mol. The quantitative estimate of drug-likeness (QED) is 0.424. The zero-order valence-corrected chi connectivity index (χ0v) is 18.6. The molecule has 3 aromatic carbocycles. The highest BCUT2D eigenvalue weighted by Crippen LogP contribution is 2.39. The van der Waals surface area contributed by atoms with Crippen molar-refractivity contribution < 1.29 is 18.0 Å². The molecule has 1 aliphatic rings. The third kappa shape index (κ3) is 4.01. The fourth-order valence-electron chi connectivity index (χ4n) is 3.55. The summed E-state index contributed by atoms with van der Waals surface area (Å²) in [6.07, 6.45) is 1.54. The van der Waals surface area contributed by atoms with E-state index in [1.165, 1.54) is 47.7 Å². The third-order valence-electron chi connectivity index (χ3n) is 5.17. The van der Waals surface area contributed by atoms with Crippen LogP contribution in [0.4, 0.5) is 11.4 Å². The maximum atomic E-state index is 12.5. The topological polar surface area (TPSA) is 118 Å². The van der Waals surface area contributed by atoms with Crippen LogP contribution in [-0.2, 0) is 14.8 Å². The lowest BCUT2D eigenvalue weighted by molar-refractivity contribution is -0.115. The van der Waals surface area contributed by atoms with E-state index < -0.39 is 21.8 Å². The van der Waals surface area contributed by atoms with Crippen molar-refractivity contribution in [2.24, 2.45) is 4.99 Å². The first-order valence-corrected chi connectivity index (χ1v) is 12.2. The number of anilines is 1. The van der Waals surface area contributed by atoms with Gasteiger partial charge in [-0.25, -0.2) is 18.1 Å². The van der Waals surface area contributed by atoms with Crippen molar-refractivity contribution in [3.05, 3.63) is 83.4 Å². The Bertz CT molecular complexity index is 1510. The fourth-order valence-corrected chi connectivity index (χ4v) is 5.40. The molecule has 1 atom stereocenters. The Morgan fingerprint density at radius 3 is 2.58 bits per heavy atom. The van der Waals surface area contributed by atoms with Gasteiger partial charge in [0.2, 0.25) is 5.91 Å². The van der Waals surface area contributed by atoms with Crippen molar-refractivity contribution in [3.63, 3.8) is 0 Å². The molecule has 2 amide bonds. The van der Waals surface area contributed by atoms with E-state index >= 15 is 0 Å². The van der Waals surface area contributed by atoms with Gasteiger partial charge in [-0.1, -0.05) is 18.2 Å². The summed E-state index contributed by atoms with van der Waals surface area (Å²) in [7, 11) is -4.04. The number of benzene rings is 3. The molecule has 0 spiro atoms. The molecule has 5 rings (SSSR count). The number of hydrogen-bond donors (Lipinski definition) is 2. The highest BCUT2D eigenvalue weighted by Gasteiger charge is 2.31. The molecule has 33 heavy (non-hydrogen) atoms. The minimum Gasteiger partial charge on any atom is -0.325 e. The second-order valence-electron chi connectivity index (χ2n) is 7.27. The Hall–Kier alpha value is -3.89. The van der Waals surface area contributed by atoms with Gasteiger partial charge in [-0.2, -0.15) is 0 Å². The molecule has 2 N–H and O–H groups in total. The second kappa shape index (κ2) is 8.23. The lowest BCUT2D eigenvalue weighted by atomic mass is 10.0. The van der Waals surface area contributed by atoms with E-state index in [9.17, 15) is 18.0 Å². The van der Waals surface area contributed by atoms with Crippen LogP contribution < -0.4 is 10.0 Å². The van der Waals surface area contributed by atoms with Crippen molar-refractivity contribution in [2.75, 3.05) is 5.32 Å². The normalized spacial score (nSPS) is 15.5. The van der Waals surface area contributed by atoms with Crippen LogP contribution in [0, 0.1) is 0 Å². The van der Waals surface area contributed by atoms with E-state index in [1.807, 2.05) is 12.1 Å². The van der Waals surface area contributed by atoms with E-state index in [0.29, 0.717) is 5.69 Å². The summed E-state index contributed by atoms with van der Waals surface area (Å²) in [5, 5.41) is 2.86. The molecule has 4 aromatic rings. The van der Waals surface area contributed by atoms with Crippen LogP contribution in [0.1, 0.15) is 21.8 Å². The predicted molar refractivity (Wildman–Crippen MR) is 127 cm³/mol. The molecule has 0 saturated carbocycles. The van der Waals surface area contributed by atoms with E-state index in [4.69, 9.17) is 0 Å². The molecule has 0 bridgehead atoms. The van der Waals surface area contributed by atoms with Gasteiger partial charge in [0.1, 0.15) is 5.92 Å². The minimum absolute atomic E-state index is 0.0685. The summed E-state index contributed by atoms with van der Waals surface area (Å²) in [6, 6.07) is 17.5. The van der Waals surface area contributed by atoms with Gasteiger partial charge in [0, 0.05) is 23.0 Å². The van der Waals surface area contributed by atoms with Crippen LogP contribution in [0.2, 0.25) is 0 Å². The number of sulfonamides is 1. The van der Waals surface area contributed by atoms with Crippen LogP contribution >= 0.6 is 11.3 Å².